The van der Waals surface area contributed by atoms with Gasteiger partial charge in [0.25, 0.3) is 5.91 Å². The standard InChI is InChI=1S/C47H45N3O5S/c1-2-3-6-11-34-16-18-36(19-17-34)31-50(42-14-9-5-10-15-42)47(54)39-24-22-38(23-25-39)46-49-41(33-56-46)28-40(37-12-7-4-8-13-37)29-44(51)48-30-35-20-26-43(27-21-35)55-32-45(52)53/h4-5,7-10,12-27,29,33H,2-3,6,11,28,30-32H2,1H3,(H,48,51)(H,52,53)/b40-29+. The predicted octanol–water partition coefficient (Wildman–Crippen LogP) is 9.80. The Hall–Kier alpha value is -6.32. The summed E-state index contributed by atoms with van der Waals surface area (Å²) in [6.07, 6.45) is 6.74. The van der Waals surface area contributed by atoms with Gasteiger partial charge in [0.1, 0.15) is 10.8 Å². The number of aliphatic carboxylic acids is 1. The summed E-state index contributed by atoms with van der Waals surface area (Å²) in [5.74, 6) is -0.919. The number of carboxylic acids is 1. The molecule has 2 amide bonds. The van der Waals surface area contributed by atoms with Gasteiger partial charge in [0, 0.05) is 41.2 Å². The molecule has 0 radical (unpaired) electrons. The van der Waals surface area contributed by atoms with Gasteiger partial charge in [-0.3, -0.25) is 9.59 Å². The Kier molecular flexibility index (Phi) is 14.0. The summed E-state index contributed by atoms with van der Waals surface area (Å²) in [4.78, 5) is 44.7. The lowest BCUT2D eigenvalue weighted by molar-refractivity contribution is -0.139. The minimum atomic E-state index is -1.05. The minimum absolute atomic E-state index is 0.0766. The number of unbranched alkanes of at least 4 members (excludes halogenated alkanes) is 2. The van der Waals surface area contributed by atoms with Crippen molar-refractivity contribution in [3.05, 3.63) is 178 Å². The van der Waals surface area contributed by atoms with Crippen LogP contribution in [0, 0.1) is 0 Å². The highest BCUT2D eigenvalue weighted by molar-refractivity contribution is 7.13. The molecule has 0 aliphatic rings. The number of aromatic nitrogens is 1. The number of anilines is 1. The van der Waals surface area contributed by atoms with Crippen LogP contribution in [0.3, 0.4) is 0 Å². The number of benzene rings is 5. The summed E-state index contributed by atoms with van der Waals surface area (Å²) >= 11 is 1.52. The summed E-state index contributed by atoms with van der Waals surface area (Å²) < 4.78 is 5.19. The summed E-state index contributed by atoms with van der Waals surface area (Å²) in [7, 11) is 0. The highest BCUT2D eigenvalue weighted by atomic mass is 32.1. The maximum absolute atomic E-state index is 14.0. The van der Waals surface area contributed by atoms with Crippen LogP contribution in [0.4, 0.5) is 5.69 Å². The number of nitrogens with one attached hydrogen (secondary N) is 1. The number of nitrogens with zero attached hydrogens (tertiary/aromatic N) is 2. The second kappa shape index (κ2) is 19.8. The normalized spacial score (nSPS) is 11.2. The van der Waals surface area contributed by atoms with E-state index in [4.69, 9.17) is 14.8 Å². The van der Waals surface area contributed by atoms with Crippen molar-refractivity contribution in [2.45, 2.75) is 52.1 Å². The fourth-order valence-electron chi connectivity index (χ4n) is 6.22. The third kappa shape index (κ3) is 11.3. The van der Waals surface area contributed by atoms with Gasteiger partial charge in [-0.05, 0) is 77.1 Å². The van der Waals surface area contributed by atoms with Gasteiger partial charge in [0.2, 0.25) is 5.91 Å². The van der Waals surface area contributed by atoms with Crippen molar-refractivity contribution in [2.75, 3.05) is 11.5 Å². The van der Waals surface area contributed by atoms with E-state index in [-0.39, 0.29) is 11.8 Å². The topological polar surface area (TPSA) is 109 Å². The van der Waals surface area contributed by atoms with Gasteiger partial charge in [-0.25, -0.2) is 9.78 Å². The summed E-state index contributed by atoms with van der Waals surface area (Å²) in [5, 5.41) is 14.6. The third-order valence-electron chi connectivity index (χ3n) is 9.25. The number of allylic oxidation sites excluding steroid dienone is 1. The van der Waals surface area contributed by atoms with E-state index in [2.05, 4.69) is 36.5 Å². The molecule has 9 heteroatoms. The average Bonchev–Trinajstić information content (AvgIpc) is 3.71. The molecule has 56 heavy (non-hydrogen) atoms. The first-order valence-corrected chi connectivity index (χ1v) is 19.7. The van der Waals surface area contributed by atoms with Crippen LogP contribution in [-0.2, 0) is 35.5 Å². The molecular weight excluding hydrogens is 719 g/mol. The van der Waals surface area contributed by atoms with Crippen molar-refractivity contribution < 1.29 is 24.2 Å². The molecule has 6 aromatic rings. The van der Waals surface area contributed by atoms with E-state index in [1.165, 1.54) is 36.2 Å². The molecular formula is C47H45N3O5S. The molecule has 0 atom stereocenters. The van der Waals surface area contributed by atoms with E-state index >= 15 is 0 Å². The smallest absolute Gasteiger partial charge is 0.341 e. The van der Waals surface area contributed by atoms with E-state index in [1.807, 2.05) is 95.2 Å². The van der Waals surface area contributed by atoms with Crippen molar-refractivity contribution in [1.29, 1.82) is 0 Å². The molecule has 6 rings (SSSR count). The Morgan fingerprint density at radius 3 is 2.11 bits per heavy atom. The minimum Gasteiger partial charge on any atom is -0.482 e. The molecule has 0 aliphatic heterocycles. The Bertz CT molecular complexity index is 2220. The lowest BCUT2D eigenvalue weighted by Gasteiger charge is -2.23. The molecule has 0 unspecified atom stereocenters. The zero-order valence-electron chi connectivity index (χ0n) is 31.4. The van der Waals surface area contributed by atoms with E-state index in [0.29, 0.717) is 30.8 Å². The largest absolute Gasteiger partial charge is 0.482 e. The first-order chi connectivity index (χ1) is 27.3. The highest BCUT2D eigenvalue weighted by Gasteiger charge is 2.19. The van der Waals surface area contributed by atoms with Crippen LogP contribution in [-0.4, -0.2) is 34.5 Å². The van der Waals surface area contributed by atoms with E-state index in [9.17, 15) is 14.4 Å². The second-order valence-electron chi connectivity index (χ2n) is 13.5. The Morgan fingerprint density at radius 1 is 0.768 bits per heavy atom. The first kappa shape index (κ1) is 39.4. The molecule has 1 heterocycles. The number of carbonyl (C=O) groups excluding carboxylic acids is 2. The lowest BCUT2D eigenvalue weighted by Crippen LogP contribution is -2.30. The molecule has 0 bridgehead atoms. The molecule has 8 nitrogen and oxygen atoms in total. The van der Waals surface area contributed by atoms with Gasteiger partial charge >= 0.3 is 5.97 Å². The van der Waals surface area contributed by atoms with Gasteiger partial charge in [0.15, 0.2) is 6.61 Å². The van der Waals surface area contributed by atoms with Gasteiger partial charge in [-0.2, -0.15) is 0 Å². The van der Waals surface area contributed by atoms with E-state index in [0.717, 1.165) is 50.6 Å². The fourth-order valence-corrected chi connectivity index (χ4v) is 7.05. The molecule has 0 aliphatic carbocycles. The molecule has 1 aromatic heterocycles. The maximum Gasteiger partial charge on any atom is 0.341 e. The number of amides is 2. The fraction of sp³-hybridized carbons (Fsp3) is 0.191. The summed E-state index contributed by atoms with van der Waals surface area (Å²) in [6.45, 7) is 2.56. The second-order valence-corrected chi connectivity index (χ2v) is 14.3. The van der Waals surface area contributed by atoms with Gasteiger partial charge in [0.05, 0.1) is 12.2 Å². The van der Waals surface area contributed by atoms with E-state index in [1.54, 1.807) is 30.3 Å². The SMILES string of the molecule is CCCCCc1ccc(CN(C(=O)c2ccc(-c3nc(C/C(=C\C(=O)NCc4ccc(OCC(=O)O)cc4)c4ccccc4)cs3)cc2)c2ccccc2)cc1. The summed E-state index contributed by atoms with van der Waals surface area (Å²) in [5.41, 5.74) is 8.16. The number of aryl methyl sites for hydroxylation is 1. The Morgan fingerprint density at radius 2 is 1.43 bits per heavy atom. The molecule has 0 fully saturated rings. The van der Waals surface area contributed by atoms with Gasteiger partial charge < -0.3 is 20.1 Å². The van der Waals surface area contributed by atoms with Gasteiger partial charge in [-0.1, -0.05) is 117 Å². The highest BCUT2D eigenvalue weighted by Crippen LogP contribution is 2.28. The molecule has 0 saturated carbocycles. The van der Waals surface area contributed by atoms with Crippen molar-refractivity contribution in [1.82, 2.24) is 10.3 Å². The number of para-hydroxylation sites is 1. The number of rotatable bonds is 18. The zero-order valence-corrected chi connectivity index (χ0v) is 32.2. The molecule has 5 aromatic carbocycles. The maximum atomic E-state index is 14.0. The van der Waals surface area contributed by atoms with Crippen LogP contribution in [0.25, 0.3) is 16.1 Å². The predicted molar refractivity (Wildman–Crippen MR) is 224 cm³/mol. The number of hydrogen-bond donors (Lipinski definition) is 2. The summed E-state index contributed by atoms with van der Waals surface area (Å²) in [6, 6.07) is 42.7. The Labute approximate surface area is 332 Å². The number of carbonyl (C=O) groups is 3. The number of ether oxygens (including phenoxy) is 1. The molecule has 0 spiro atoms. The quantitative estimate of drug-likeness (QED) is 0.0667. The monoisotopic (exact) mass is 763 g/mol. The van der Waals surface area contributed by atoms with Crippen LogP contribution in [0.15, 0.2) is 145 Å². The molecule has 284 valence electrons. The van der Waals surface area contributed by atoms with Crippen molar-refractivity contribution in [3.8, 4) is 16.3 Å². The van der Waals surface area contributed by atoms with Crippen LogP contribution in [0.5, 0.6) is 5.75 Å². The van der Waals surface area contributed by atoms with Crippen molar-refractivity contribution >= 4 is 40.4 Å². The van der Waals surface area contributed by atoms with Crippen molar-refractivity contribution in [3.63, 3.8) is 0 Å². The van der Waals surface area contributed by atoms with Crippen LogP contribution in [0.1, 0.15) is 64.5 Å². The third-order valence-corrected chi connectivity index (χ3v) is 10.2. The average molecular weight is 764 g/mol. The molecule has 0 saturated heterocycles. The van der Waals surface area contributed by atoms with Gasteiger partial charge in [-0.15, -0.1) is 11.3 Å². The van der Waals surface area contributed by atoms with Crippen LogP contribution >= 0.6 is 11.3 Å². The first-order valence-electron chi connectivity index (χ1n) is 18.8. The van der Waals surface area contributed by atoms with Crippen molar-refractivity contribution in [2.24, 2.45) is 0 Å². The number of hydrogen-bond acceptors (Lipinski definition) is 6. The number of thiazole rings is 1. The lowest BCUT2D eigenvalue weighted by atomic mass is 10.0. The van der Waals surface area contributed by atoms with E-state index < -0.39 is 12.6 Å². The number of carboxylic acid groups (broad SMARTS) is 1. The molecule has 2 N–H and O–H groups in total. The van der Waals surface area contributed by atoms with Crippen LogP contribution in [0.2, 0.25) is 0 Å². The zero-order chi connectivity index (χ0) is 39.1. The Balaban J connectivity index is 1.12. The van der Waals surface area contributed by atoms with Crippen LogP contribution < -0.4 is 15.0 Å².